The first-order valence-corrected chi connectivity index (χ1v) is 6.82. The molecule has 108 valence electrons. The Morgan fingerprint density at radius 1 is 1.29 bits per heavy atom. The number of pyridine rings is 1. The molecule has 0 unspecified atom stereocenters. The van der Waals surface area contributed by atoms with Crippen molar-refractivity contribution in [2.75, 3.05) is 7.05 Å². The lowest BCUT2D eigenvalue weighted by Crippen LogP contribution is -2.21. The van der Waals surface area contributed by atoms with E-state index in [4.69, 9.17) is 4.42 Å². The molecule has 0 aliphatic heterocycles. The van der Waals surface area contributed by atoms with Crippen LogP contribution in [0.2, 0.25) is 0 Å². The molecule has 3 heterocycles. The first-order valence-electron chi connectivity index (χ1n) is 6.82. The molecule has 0 aliphatic carbocycles. The third-order valence-corrected chi connectivity index (χ3v) is 3.30. The number of hydrogen-bond donors (Lipinski definition) is 0. The third kappa shape index (κ3) is 3.03. The molecular weight excluding hydrogens is 266 g/mol. The summed E-state index contributed by atoms with van der Waals surface area (Å²) in [5.41, 5.74) is 2.42. The van der Waals surface area contributed by atoms with E-state index in [-0.39, 0.29) is 5.56 Å². The summed E-state index contributed by atoms with van der Waals surface area (Å²) in [5, 5.41) is 0. The number of fused-ring (bicyclic) bond motifs is 1. The van der Waals surface area contributed by atoms with Crippen LogP contribution in [0.15, 0.2) is 52.0 Å². The molecular formula is C16H17N3O2. The second-order valence-corrected chi connectivity index (χ2v) is 5.27. The van der Waals surface area contributed by atoms with Crippen LogP contribution in [0.4, 0.5) is 0 Å². The minimum atomic E-state index is -0.0508. The van der Waals surface area contributed by atoms with E-state index in [1.807, 2.05) is 38.2 Å². The number of hydrogen-bond acceptors (Lipinski definition) is 4. The van der Waals surface area contributed by atoms with Crippen LogP contribution in [0.3, 0.4) is 0 Å². The Hall–Kier alpha value is -2.40. The van der Waals surface area contributed by atoms with Crippen molar-refractivity contribution < 1.29 is 4.42 Å². The number of rotatable bonds is 4. The Morgan fingerprint density at radius 3 is 2.90 bits per heavy atom. The molecule has 0 atom stereocenters. The molecule has 3 aromatic heterocycles. The highest BCUT2D eigenvalue weighted by Crippen LogP contribution is 2.08. The maximum absolute atomic E-state index is 12.1. The minimum absolute atomic E-state index is 0.0508. The summed E-state index contributed by atoms with van der Waals surface area (Å²) in [5.74, 6) is 0.894. The molecule has 0 fully saturated rings. The lowest BCUT2D eigenvalue weighted by molar-refractivity contribution is 0.285. The molecule has 5 heteroatoms. The van der Waals surface area contributed by atoms with Gasteiger partial charge in [0.1, 0.15) is 11.4 Å². The summed E-state index contributed by atoms with van der Waals surface area (Å²) in [6.07, 6.45) is 3.47. The van der Waals surface area contributed by atoms with Crippen molar-refractivity contribution >= 4 is 5.65 Å². The topological polar surface area (TPSA) is 50.8 Å². The van der Waals surface area contributed by atoms with Gasteiger partial charge in [-0.15, -0.1) is 0 Å². The van der Waals surface area contributed by atoms with Gasteiger partial charge in [-0.05, 0) is 37.7 Å². The molecule has 0 N–H and O–H groups in total. The van der Waals surface area contributed by atoms with Crippen molar-refractivity contribution in [3.63, 3.8) is 0 Å². The van der Waals surface area contributed by atoms with Gasteiger partial charge in [-0.1, -0.05) is 6.07 Å². The smallest absolute Gasteiger partial charge is 0.258 e. The number of aromatic nitrogens is 2. The number of aryl methyl sites for hydroxylation is 1. The van der Waals surface area contributed by atoms with Crippen molar-refractivity contribution in [2.45, 2.75) is 20.0 Å². The lowest BCUT2D eigenvalue weighted by Gasteiger charge is -2.14. The molecule has 5 nitrogen and oxygen atoms in total. The van der Waals surface area contributed by atoms with Gasteiger partial charge in [0.2, 0.25) is 0 Å². The number of furan rings is 1. The maximum Gasteiger partial charge on any atom is 0.258 e. The Balaban J connectivity index is 1.84. The summed E-state index contributed by atoms with van der Waals surface area (Å²) in [6, 6.07) is 9.21. The molecule has 0 aliphatic rings. The molecule has 21 heavy (non-hydrogen) atoms. The van der Waals surface area contributed by atoms with Crippen LogP contribution in [-0.4, -0.2) is 21.3 Å². The van der Waals surface area contributed by atoms with E-state index in [0.29, 0.717) is 18.7 Å². The van der Waals surface area contributed by atoms with Crippen LogP contribution in [-0.2, 0) is 13.1 Å². The van der Waals surface area contributed by atoms with Gasteiger partial charge >= 0.3 is 0 Å². The normalized spacial score (nSPS) is 11.4. The summed E-state index contributed by atoms with van der Waals surface area (Å²) >= 11 is 0. The largest absolute Gasteiger partial charge is 0.468 e. The van der Waals surface area contributed by atoms with Crippen LogP contribution in [0, 0.1) is 6.92 Å². The molecule has 0 radical (unpaired) electrons. The van der Waals surface area contributed by atoms with Gasteiger partial charge in [-0.25, -0.2) is 4.98 Å². The van der Waals surface area contributed by atoms with E-state index in [0.717, 1.165) is 17.0 Å². The molecule has 0 saturated carbocycles. The highest BCUT2D eigenvalue weighted by atomic mass is 16.3. The van der Waals surface area contributed by atoms with Crippen LogP contribution in [0.5, 0.6) is 0 Å². The Bertz CT molecular complexity index is 806. The van der Waals surface area contributed by atoms with Crippen LogP contribution in [0.25, 0.3) is 5.65 Å². The molecule has 0 saturated heterocycles. The predicted molar refractivity (Wildman–Crippen MR) is 80.1 cm³/mol. The SMILES string of the molecule is Cc1ccc2nc(CN(C)Cc3ccco3)cc(=O)n2c1. The molecule has 0 spiro atoms. The van der Waals surface area contributed by atoms with Crippen molar-refractivity contribution in [3.8, 4) is 0 Å². The fraction of sp³-hybridized carbons (Fsp3) is 0.250. The highest BCUT2D eigenvalue weighted by Gasteiger charge is 2.07. The second kappa shape index (κ2) is 5.54. The van der Waals surface area contributed by atoms with Gasteiger partial charge in [-0.2, -0.15) is 0 Å². The molecule has 3 rings (SSSR count). The minimum Gasteiger partial charge on any atom is -0.468 e. The van der Waals surface area contributed by atoms with E-state index in [2.05, 4.69) is 9.88 Å². The standard InChI is InChI=1S/C16H17N3O2/c1-12-5-6-15-17-13(8-16(20)19(15)9-12)10-18(2)11-14-4-3-7-21-14/h3-9H,10-11H2,1-2H3. The van der Waals surface area contributed by atoms with Crippen LogP contribution in [0.1, 0.15) is 17.0 Å². The molecule has 3 aromatic rings. The van der Waals surface area contributed by atoms with E-state index >= 15 is 0 Å². The zero-order valence-corrected chi connectivity index (χ0v) is 12.1. The lowest BCUT2D eigenvalue weighted by atomic mass is 10.3. The fourth-order valence-corrected chi connectivity index (χ4v) is 2.34. The van der Waals surface area contributed by atoms with Crippen molar-refractivity contribution in [3.05, 3.63) is 70.2 Å². The van der Waals surface area contributed by atoms with Gasteiger partial charge in [0, 0.05) is 18.8 Å². The fourth-order valence-electron chi connectivity index (χ4n) is 2.34. The monoisotopic (exact) mass is 283 g/mol. The first kappa shape index (κ1) is 13.6. The summed E-state index contributed by atoms with van der Waals surface area (Å²) in [7, 11) is 1.97. The third-order valence-electron chi connectivity index (χ3n) is 3.30. The molecule has 0 bridgehead atoms. The van der Waals surface area contributed by atoms with Crippen LogP contribution >= 0.6 is 0 Å². The highest BCUT2D eigenvalue weighted by molar-refractivity contribution is 5.39. The number of nitrogens with zero attached hydrogens (tertiary/aromatic N) is 3. The van der Waals surface area contributed by atoms with Gasteiger partial charge < -0.3 is 4.42 Å². The maximum atomic E-state index is 12.1. The average molecular weight is 283 g/mol. The zero-order chi connectivity index (χ0) is 14.8. The van der Waals surface area contributed by atoms with E-state index in [1.165, 1.54) is 0 Å². The van der Waals surface area contributed by atoms with Crippen molar-refractivity contribution in [2.24, 2.45) is 0 Å². The van der Waals surface area contributed by atoms with Gasteiger partial charge in [0.25, 0.3) is 5.56 Å². The van der Waals surface area contributed by atoms with Crippen molar-refractivity contribution in [1.82, 2.24) is 14.3 Å². The van der Waals surface area contributed by atoms with Crippen LogP contribution < -0.4 is 5.56 Å². The van der Waals surface area contributed by atoms with Gasteiger partial charge in [0.15, 0.2) is 0 Å². The van der Waals surface area contributed by atoms with E-state index in [9.17, 15) is 4.79 Å². The second-order valence-electron chi connectivity index (χ2n) is 5.27. The van der Waals surface area contributed by atoms with Crippen molar-refractivity contribution in [1.29, 1.82) is 0 Å². The Kier molecular flexibility index (Phi) is 3.58. The van der Waals surface area contributed by atoms with E-state index in [1.54, 1.807) is 22.9 Å². The quantitative estimate of drug-likeness (QED) is 0.737. The van der Waals surface area contributed by atoms with Gasteiger partial charge in [0.05, 0.1) is 18.5 Å². The summed E-state index contributed by atoms with van der Waals surface area (Å²) < 4.78 is 6.90. The van der Waals surface area contributed by atoms with Gasteiger partial charge in [-0.3, -0.25) is 14.1 Å². The Labute approximate surface area is 122 Å². The van der Waals surface area contributed by atoms with E-state index < -0.39 is 0 Å². The first-order chi connectivity index (χ1) is 10.1. The average Bonchev–Trinajstić information content (AvgIpc) is 2.92. The summed E-state index contributed by atoms with van der Waals surface area (Å²) in [4.78, 5) is 18.7. The molecule has 0 aromatic carbocycles. The molecule has 0 amide bonds. The summed E-state index contributed by atoms with van der Waals surface area (Å²) in [6.45, 7) is 3.24. The zero-order valence-electron chi connectivity index (χ0n) is 12.1. The predicted octanol–water partition coefficient (Wildman–Crippen LogP) is 2.23. The Morgan fingerprint density at radius 2 is 2.14 bits per heavy atom.